The number of halogens is 2. The van der Waals surface area contributed by atoms with Gasteiger partial charge in [0, 0.05) is 27.7 Å². The first-order chi connectivity index (χ1) is 7.13. The maximum atomic E-state index is 9.80. The summed E-state index contributed by atoms with van der Waals surface area (Å²) in [5.74, 6) is 0. The summed E-state index contributed by atoms with van der Waals surface area (Å²) in [6.45, 7) is 1.92. The van der Waals surface area contributed by atoms with Crippen LogP contribution in [0, 0.1) is 0 Å². The summed E-state index contributed by atoms with van der Waals surface area (Å²) < 4.78 is 0. The van der Waals surface area contributed by atoms with Gasteiger partial charge in [-0.1, -0.05) is 30.1 Å². The Morgan fingerprint density at radius 1 is 1.40 bits per heavy atom. The summed E-state index contributed by atoms with van der Waals surface area (Å²) in [5, 5.41) is 11.8. The Morgan fingerprint density at radius 2 is 2.13 bits per heavy atom. The van der Waals surface area contributed by atoms with E-state index in [-0.39, 0.29) is 0 Å². The maximum absolute atomic E-state index is 9.80. The lowest BCUT2D eigenvalue weighted by Gasteiger charge is -2.06. The van der Waals surface area contributed by atoms with E-state index in [0.717, 1.165) is 16.5 Å². The Hall–Kier alpha value is -0.700. The van der Waals surface area contributed by atoms with Crippen molar-refractivity contribution in [1.82, 2.24) is 4.98 Å². The van der Waals surface area contributed by atoms with E-state index in [1.165, 1.54) is 0 Å². The Morgan fingerprint density at radius 3 is 2.80 bits per heavy atom. The van der Waals surface area contributed by atoms with Crippen LogP contribution in [-0.2, 0) is 0 Å². The smallest absolute Gasteiger partial charge is 0.0808 e. The van der Waals surface area contributed by atoms with Gasteiger partial charge in [-0.2, -0.15) is 0 Å². The average Bonchev–Trinajstić information content (AvgIpc) is 2.60. The molecule has 2 aromatic rings. The predicted octanol–water partition coefficient (Wildman–Crippen LogP) is 3.92. The molecule has 15 heavy (non-hydrogen) atoms. The lowest BCUT2D eigenvalue weighted by molar-refractivity contribution is 0.175. The second kappa shape index (κ2) is 4.05. The van der Waals surface area contributed by atoms with Gasteiger partial charge in [0.2, 0.25) is 0 Å². The SMILES string of the molecule is CC[C@@H](O)c1c[nH]c2cc(Cl)cc(Cl)c12. The third-order valence-electron chi connectivity index (χ3n) is 2.47. The van der Waals surface area contributed by atoms with Crippen LogP contribution in [0.3, 0.4) is 0 Å². The number of fused-ring (bicyclic) bond motifs is 1. The molecule has 80 valence electrons. The van der Waals surface area contributed by atoms with E-state index >= 15 is 0 Å². The summed E-state index contributed by atoms with van der Waals surface area (Å²) in [6, 6.07) is 3.49. The quantitative estimate of drug-likeness (QED) is 0.825. The number of hydrogen-bond acceptors (Lipinski definition) is 1. The second-order valence-corrected chi connectivity index (χ2v) is 4.32. The van der Waals surface area contributed by atoms with E-state index in [0.29, 0.717) is 16.5 Å². The number of aliphatic hydroxyl groups excluding tert-OH is 1. The number of H-pyrrole nitrogens is 1. The van der Waals surface area contributed by atoms with E-state index in [2.05, 4.69) is 4.98 Å². The van der Waals surface area contributed by atoms with Crippen molar-refractivity contribution in [3.8, 4) is 0 Å². The first-order valence-corrected chi connectivity index (χ1v) is 5.53. The molecule has 0 saturated carbocycles. The van der Waals surface area contributed by atoms with Crippen molar-refractivity contribution in [2.45, 2.75) is 19.4 Å². The summed E-state index contributed by atoms with van der Waals surface area (Å²) in [7, 11) is 0. The molecule has 0 bridgehead atoms. The van der Waals surface area contributed by atoms with Crippen LogP contribution in [0.5, 0.6) is 0 Å². The first-order valence-electron chi connectivity index (χ1n) is 4.77. The molecule has 0 fully saturated rings. The molecule has 2 N–H and O–H groups in total. The van der Waals surface area contributed by atoms with Gasteiger partial charge in [0.15, 0.2) is 0 Å². The predicted molar refractivity (Wildman–Crippen MR) is 63.6 cm³/mol. The van der Waals surface area contributed by atoms with Crippen LogP contribution >= 0.6 is 23.2 Å². The Balaban J connectivity index is 2.69. The Labute approximate surface area is 97.8 Å². The third-order valence-corrected chi connectivity index (χ3v) is 2.99. The Bertz CT molecular complexity index is 493. The highest BCUT2D eigenvalue weighted by atomic mass is 35.5. The summed E-state index contributed by atoms with van der Waals surface area (Å²) in [6.07, 6.45) is 1.95. The van der Waals surface area contributed by atoms with Crippen molar-refractivity contribution in [3.63, 3.8) is 0 Å². The van der Waals surface area contributed by atoms with Gasteiger partial charge in [0.1, 0.15) is 0 Å². The van der Waals surface area contributed by atoms with Gasteiger partial charge in [0.25, 0.3) is 0 Å². The molecule has 1 aromatic carbocycles. The lowest BCUT2D eigenvalue weighted by atomic mass is 10.1. The number of rotatable bonds is 2. The highest BCUT2D eigenvalue weighted by Gasteiger charge is 2.14. The second-order valence-electron chi connectivity index (χ2n) is 3.48. The van der Waals surface area contributed by atoms with Crippen LogP contribution in [0.15, 0.2) is 18.3 Å². The fraction of sp³-hybridized carbons (Fsp3) is 0.273. The molecule has 2 rings (SSSR count). The molecular weight excluding hydrogens is 233 g/mol. The maximum Gasteiger partial charge on any atom is 0.0808 e. The van der Waals surface area contributed by atoms with Crippen molar-refractivity contribution >= 4 is 34.1 Å². The molecule has 0 saturated heterocycles. The topological polar surface area (TPSA) is 36.0 Å². The minimum Gasteiger partial charge on any atom is -0.388 e. The van der Waals surface area contributed by atoms with Gasteiger partial charge in [0.05, 0.1) is 11.1 Å². The highest BCUT2D eigenvalue weighted by molar-refractivity contribution is 6.38. The molecule has 0 amide bonds. The van der Waals surface area contributed by atoms with E-state index in [1.54, 1.807) is 18.3 Å². The molecule has 0 aliphatic carbocycles. The van der Waals surface area contributed by atoms with E-state index < -0.39 is 6.10 Å². The van der Waals surface area contributed by atoms with Gasteiger partial charge in [-0.3, -0.25) is 0 Å². The van der Waals surface area contributed by atoms with Crippen molar-refractivity contribution in [2.24, 2.45) is 0 Å². The molecule has 1 heterocycles. The largest absolute Gasteiger partial charge is 0.388 e. The Kier molecular flexibility index (Phi) is 2.91. The zero-order valence-electron chi connectivity index (χ0n) is 8.22. The van der Waals surface area contributed by atoms with Crippen LogP contribution in [0.1, 0.15) is 25.0 Å². The number of benzene rings is 1. The van der Waals surface area contributed by atoms with Gasteiger partial charge >= 0.3 is 0 Å². The van der Waals surface area contributed by atoms with Crippen LogP contribution in [0.25, 0.3) is 10.9 Å². The summed E-state index contributed by atoms with van der Waals surface area (Å²) in [5.41, 5.74) is 1.68. The number of aliphatic hydroxyl groups is 1. The minimum atomic E-state index is -0.488. The zero-order chi connectivity index (χ0) is 11.0. The van der Waals surface area contributed by atoms with Gasteiger partial charge in [-0.05, 0) is 18.6 Å². The minimum absolute atomic E-state index is 0.488. The van der Waals surface area contributed by atoms with Gasteiger partial charge in [-0.15, -0.1) is 0 Å². The average molecular weight is 244 g/mol. The van der Waals surface area contributed by atoms with Crippen molar-refractivity contribution < 1.29 is 5.11 Å². The molecule has 0 aliphatic rings. The molecular formula is C11H11Cl2NO. The fourth-order valence-electron chi connectivity index (χ4n) is 1.69. The van der Waals surface area contributed by atoms with E-state index in [4.69, 9.17) is 23.2 Å². The van der Waals surface area contributed by atoms with Crippen molar-refractivity contribution in [1.29, 1.82) is 0 Å². The molecule has 0 spiro atoms. The number of nitrogens with one attached hydrogen (secondary N) is 1. The van der Waals surface area contributed by atoms with Crippen LogP contribution in [0.2, 0.25) is 10.0 Å². The normalized spacial score (nSPS) is 13.3. The zero-order valence-corrected chi connectivity index (χ0v) is 9.73. The molecule has 0 aliphatic heterocycles. The summed E-state index contributed by atoms with van der Waals surface area (Å²) >= 11 is 12.0. The van der Waals surface area contributed by atoms with Gasteiger partial charge in [-0.25, -0.2) is 0 Å². The van der Waals surface area contributed by atoms with Crippen LogP contribution < -0.4 is 0 Å². The molecule has 4 heteroatoms. The monoisotopic (exact) mass is 243 g/mol. The van der Waals surface area contributed by atoms with Crippen LogP contribution in [0.4, 0.5) is 0 Å². The lowest BCUT2D eigenvalue weighted by Crippen LogP contribution is -1.93. The molecule has 1 aromatic heterocycles. The van der Waals surface area contributed by atoms with Crippen molar-refractivity contribution in [3.05, 3.63) is 33.9 Å². The van der Waals surface area contributed by atoms with E-state index in [9.17, 15) is 5.11 Å². The third kappa shape index (κ3) is 1.85. The van der Waals surface area contributed by atoms with Gasteiger partial charge < -0.3 is 10.1 Å². The number of hydrogen-bond donors (Lipinski definition) is 2. The summed E-state index contributed by atoms with van der Waals surface area (Å²) in [4.78, 5) is 3.06. The van der Waals surface area contributed by atoms with E-state index in [1.807, 2.05) is 6.92 Å². The molecule has 1 atom stereocenters. The highest BCUT2D eigenvalue weighted by Crippen LogP contribution is 2.33. The number of aromatic amines is 1. The van der Waals surface area contributed by atoms with Crippen LogP contribution in [-0.4, -0.2) is 10.1 Å². The fourth-order valence-corrected chi connectivity index (χ4v) is 2.29. The number of aromatic nitrogens is 1. The first kappa shape index (κ1) is 10.8. The molecule has 2 nitrogen and oxygen atoms in total. The molecule has 0 unspecified atom stereocenters. The van der Waals surface area contributed by atoms with Crippen molar-refractivity contribution in [2.75, 3.05) is 0 Å². The molecule has 0 radical (unpaired) electrons. The standard InChI is InChI=1S/C11H11Cl2NO/c1-2-10(15)7-5-14-9-4-6(12)3-8(13)11(7)9/h3-5,10,14-15H,2H2,1H3/t10-/m1/s1.